The number of nitrogens with zero attached hydrogens (tertiary/aromatic N) is 3. The summed E-state index contributed by atoms with van der Waals surface area (Å²) in [6.07, 6.45) is 0. The minimum absolute atomic E-state index is 0.00923. The number of carbonyl (C=O) groups excluding carboxylic acids is 2. The zero-order chi connectivity index (χ0) is 21.1. The molecule has 0 unspecified atom stereocenters. The van der Waals surface area contributed by atoms with Crippen molar-refractivity contribution in [3.05, 3.63) is 81.6 Å². The molecule has 3 aromatic rings. The van der Waals surface area contributed by atoms with Crippen molar-refractivity contribution >= 4 is 22.6 Å². The number of aromatic amines is 1. The minimum Gasteiger partial charge on any atom is -0.336 e. The van der Waals surface area contributed by atoms with Crippen LogP contribution in [0.1, 0.15) is 26.3 Å². The van der Waals surface area contributed by atoms with E-state index in [9.17, 15) is 14.4 Å². The van der Waals surface area contributed by atoms with Gasteiger partial charge in [-0.15, -0.1) is 0 Å². The maximum atomic E-state index is 12.7. The monoisotopic (exact) mass is 400 g/mol. The van der Waals surface area contributed by atoms with Gasteiger partial charge in [0.15, 0.2) is 5.78 Å². The number of pyridine rings is 1. The Labute approximate surface area is 173 Å². The van der Waals surface area contributed by atoms with Gasteiger partial charge in [0.05, 0.1) is 18.2 Å². The lowest BCUT2D eigenvalue weighted by molar-refractivity contribution is 0.0624. The standard InChI is InChI=1S/C23H20N4O3/c24-14-16-1-3-17(4-2-16)23(30)27-11-9-26(10-12-27)15-21(28)19-5-7-20-18(13-19)6-8-22(29)25-20/h1-8,13H,9-12,15H2,(H,25,29). The van der Waals surface area contributed by atoms with Crippen LogP contribution in [-0.4, -0.2) is 59.2 Å². The first-order valence-electron chi connectivity index (χ1n) is 9.71. The molecule has 1 aromatic heterocycles. The number of amides is 1. The second-order valence-corrected chi connectivity index (χ2v) is 7.31. The van der Waals surface area contributed by atoms with E-state index < -0.39 is 0 Å². The van der Waals surface area contributed by atoms with Crippen LogP contribution in [0.2, 0.25) is 0 Å². The number of piperazine rings is 1. The Morgan fingerprint density at radius 3 is 2.33 bits per heavy atom. The van der Waals surface area contributed by atoms with E-state index in [0.717, 1.165) is 5.39 Å². The molecule has 0 atom stereocenters. The van der Waals surface area contributed by atoms with Crippen LogP contribution in [0, 0.1) is 11.3 Å². The molecule has 1 fully saturated rings. The molecular weight excluding hydrogens is 380 g/mol. The zero-order valence-corrected chi connectivity index (χ0v) is 16.3. The second-order valence-electron chi connectivity index (χ2n) is 7.31. The number of H-pyrrole nitrogens is 1. The first-order valence-corrected chi connectivity index (χ1v) is 9.71. The van der Waals surface area contributed by atoms with E-state index in [2.05, 4.69) is 4.98 Å². The Kier molecular flexibility index (Phi) is 5.42. The largest absolute Gasteiger partial charge is 0.336 e. The number of benzene rings is 2. The maximum absolute atomic E-state index is 12.7. The van der Waals surface area contributed by atoms with Crippen molar-refractivity contribution in [2.45, 2.75) is 0 Å². The molecule has 1 amide bonds. The van der Waals surface area contributed by atoms with E-state index in [1.54, 1.807) is 53.4 Å². The van der Waals surface area contributed by atoms with Gasteiger partial charge in [0.2, 0.25) is 5.56 Å². The van der Waals surface area contributed by atoms with Crippen molar-refractivity contribution in [2.24, 2.45) is 0 Å². The molecule has 0 saturated carbocycles. The van der Waals surface area contributed by atoms with Gasteiger partial charge in [0.25, 0.3) is 5.91 Å². The van der Waals surface area contributed by atoms with E-state index in [1.807, 2.05) is 11.0 Å². The molecular formula is C23H20N4O3. The van der Waals surface area contributed by atoms with Crippen LogP contribution in [0.5, 0.6) is 0 Å². The van der Waals surface area contributed by atoms with Crippen molar-refractivity contribution < 1.29 is 9.59 Å². The Morgan fingerprint density at radius 1 is 0.933 bits per heavy atom. The molecule has 2 heterocycles. The molecule has 150 valence electrons. The Balaban J connectivity index is 1.35. The van der Waals surface area contributed by atoms with Gasteiger partial charge < -0.3 is 9.88 Å². The molecule has 0 spiro atoms. The molecule has 7 heteroatoms. The molecule has 0 bridgehead atoms. The molecule has 7 nitrogen and oxygen atoms in total. The Morgan fingerprint density at radius 2 is 1.63 bits per heavy atom. The third-order valence-corrected chi connectivity index (χ3v) is 5.33. The summed E-state index contributed by atoms with van der Waals surface area (Å²) in [5.41, 5.74) is 2.22. The van der Waals surface area contributed by atoms with Gasteiger partial charge in [0.1, 0.15) is 0 Å². The average Bonchev–Trinajstić information content (AvgIpc) is 2.78. The number of hydrogen-bond acceptors (Lipinski definition) is 5. The minimum atomic E-state index is -0.171. The van der Waals surface area contributed by atoms with E-state index >= 15 is 0 Å². The zero-order valence-electron chi connectivity index (χ0n) is 16.3. The molecule has 4 rings (SSSR count). The Hall–Kier alpha value is -3.76. The Bertz CT molecular complexity index is 1200. The van der Waals surface area contributed by atoms with Crippen molar-refractivity contribution in [1.29, 1.82) is 5.26 Å². The number of nitrogens with one attached hydrogen (secondary N) is 1. The van der Waals surface area contributed by atoms with Crippen molar-refractivity contribution in [3.63, 3.8) is 0 Å². The number of rotatable bonds is 4. The summed E-state index contributed by atoms with van der Waals surface area (Å²) < 4.78 is 0. The number of fused-ring (bicyclic) bond motifs is 1. The molecule has 1 aliphatic rings. The highest BCUT2D eigenvalue weighted by atomic mass is 16.2. The van der Waals surface area contributed by atoms with Crippen LogP contribution in [0.3, 0.4) is 0 Å². The van der Waals surface area contributed by atoms with Crippen molar-refractivity contribution in [2.75, 3.05) is 32.7 Å². The highest BCUT2D eigenvalue weighted by Gasteiger charge is 2.23. The average molecular weight is 400 g/mol. The number of Topliss-reactive ketones (excluding diaryl/α,β-unsaturated/α-hetero) is 1. The molecule has 1 N–H and O–H groups in total. The summed E-state index contributed by atoms with van der Waals surface area (Å²) in [5, 5.41) is 9.69. The fourth-order valence-corrected chi connectivity index (χ4v) is 3.60. The maximum Gasteiger partial charge on any atom is 0.253 e. The highest BCUT2D eigenvalue weighted by Crippen LogP contribution is 2.14. The quantitative estimate of drug-likeness (QED) is 0.676. The van der Waals surface area contributed by atoms with E-state index in [-0.39, 0.29) is 23.8 Å². The van der Waals surface area contributed by atoms with Crippen LogP contribution >= 0.6 is 0 Å². The summed E-state index contributed by atoms with van der Waals surface area (Å²) in [6.45, 7) is 2.62. The number of ketones is 1. The fourth-order valence-electron chi connectivity index (χ4n) is 3.60. The number of carbonyl (C=O) groups is 2. The fraction of sp³-hybridized carbons (Fsp3) is 0.217. The van der Waals surface area contributed by atoms with E-state index in [4.69, 9.17) is 5.26 Å². The predicted octanol–water partition coefficient (Wildman–Crippen LogP) is 2.04. The second kappa shape index (κ2) is 8.31. The van der Waals surface area contributed by atoms with Gasteiger partial charge in [-0.2, -0.15) is 5.26 Å². The van der Waals surface area contributed by atoms with Gasteiger partial charge in [-0.05, 0) is 53.9 Å². The van der Waals surface area contributed by atoms with Gasteiger partial charge in [-0.1, -0.05) is 0 Å². The lowest BCUT2D eigenvalue weighted by Crippen LogP contribution is -2.49. The number of aromatic nitrogens is 1. The van der Waals surface area contributed by atoms with Crippen LogP contribution in [0.15, 0.2) is 59.4 Å². The lowest BCUT2D eigenvalue weighted by Gasteiger charge is -2.34. The first kappa shape index (κ1) is 19.6. The van der Waals surface area contributed by atoms with Crippen molar-refractivity contribution in [1.82, 2.24) is 14.8 Å². The molecule has 0 aliphatic carbocycles. The smallest absolute Gasteiger partial charge is 0.253 e. The highest BCUT2D eigenvalue weighted by molar-refractivity contribution is 6.00. The normalized spacial score (nSPS) is 14.4. The van der Waals surface area contributed by atoms with Gasteiger partial charge >= 0.3 is 0 Å². The van der Waals surface area contributed by atoms with Crippen LogP contribution < -0.4 is 5.56 Å². The summed E-state index contributed by atoms with van der Waals surface area (Å²) in [4.78, 5) is 43.3. The third-order valence-electron chi connectivity index (χ3n) is 5.33. The molecule has 30 heavy (non-hydrogen) atoms. The summed E-state index contributed by atoms with van der Waals surface area (Å²) in [7, 11) is 0. The number of hydrogen-bond donors (Lipinski definition) is 1. The van der Waals surface area contributed by atoms with Gasteiger partial charge in [-0.25, -0.2) is 0 Å². The number of nitriles is 1. The summed E-state index contributed by atoms with van der Waals surface area (Å²) in [6, 6.07) is 17.1. The van der Waals surface area contributed by atoms with Crippen LogP contribution in [0.4, 0.5) is 0 Å². The van der Waals surface area contributed by atoms with E-state index in [0.29, 0.717) is 48.4 Å². The molecule has 1 saturated heterocycles. The van der Waals surface area contributed by atoms with E-state index in [1.165, 1.54) is 6.07 Å². The first-order chi connectivity index (χ1) is 14.5. The SMILES string of the molecule is N#Cc1ccc(C(=O)N2CCN(CC(=O)c3ccc4[nH]c(=O)ccc4c3)CC2)cc1. The molecule has 2 aromatic carbocycles. The van der Waals surface area contributed by atoms with Crippen LogP contribution in [-0.2, 0) is 0 Å². The van der Waals surface area contributed by atoms with Gasteiger partial charge in [0, 0.05) is 48.9 Å². The molecule has 1 aliphatic heterocycles. The van der Waals surface area contributed by atoms with Gasteiger partial charge in [-0.3, -0.25) is 19.3 Å². The summed E-state index contributed by atoms with van der Waals surface area (Å²) >= 11 is 0. The lowest BCUT2D eigenvalue weighted by atomic mass is 10.1. The predicted molar refractivity (Wildman–Crippen MR) is 112 cm³/mol. The third kappa shape index (κ3) is 4.14. The van der Waals surface area contributed by atoms with Crippen molar-refractivity contribution in [3.8, 4) is 6.07 Å². The van der Waals surface area contributed by atoms with Crippen LogP contribution in [0.25, 0.3) is 10.9 Å². The topological polar surface area (TPSA) is 97.3 Å². The molecule has 0 radical (unpaired) electrons. The summed E-state index contributed by atoms with van der Waals surface area (Å²) in [5.74, 6) is -0.0519.